The van der Waals surface area contributed by atoms with Crippen molar-refractivity contribution in [1.29, 1.82) is 0 Å². The molecule has 0 aliphatic heterocycles. The number of rotatable bonds is 36. The molecule has 0 radical (unpaired) electrons. The van der Waals surface area contributed by atoms with Crippen LogP contribution in [-0.2, 0) is 77.3 Å². The molecule has 0 aliphatic rings. The molecule has 0 aromatic heterocycles. The third-order valence-electron chi connectivity index (χ3n) is 7.63. The fourth-order valence-corrected chi connectivity index (χ4v) is 6.53. The molecule has 0 bridgehead atoms. The second-order valence-corrected chi connectivity index (χ2v) is 16.7. The molecule has 0 atom stereocenters. The minimum atomic E-state index is -3.77. The summed E-state index contributed by atoms with van der Waals surface area (Å²) < 4.78 is 104. The topological polar surface area (TPSA) is 161 Å². The van der Waals surface area contributed by atoms with Gasteiger partial charge in [-0.05, 0) is 37.8 Å². The van der Waals surface area contributed by atoms with Gasteiger partial charge in [0.25, 0.3) is 20.2 Å². The van der Waals surface area contributed by atoms with E-state index < -0.39 is 31.1 Å². The number of hydrogen-bond acceptors (Lipinski definition) is 14. The average molecular weight is 827 g/mol. The summed E-state index contributed by atoms with van der Waals surface area (Å²) in [6.07, 6.45) is 0.592. The van der Waals surface area contributed by atoms with Crippen LogP contribution in [0.25, 0.3) is 0 Å². The van der Waals surface area contributed by atoms with Gasteiger partial charge in [0, 0.05) is 37.3 Å². The summed E-state index contributed by atoms with van der Waals surface area (Å²) in [7, 11) is -7.54. The van der Waals surface area contributed by atoms with Crippen LogP contribution >= 0.6 is 0 Å². The number of hydrogen-bond donors (Lipinski definition) is 0. The van der Waals surface area contributed by atoms with Crippen LogP contribution in [0.2, 0.25) is 0 Å². The third-order valence-corrected chi connectivity index (χ3v) is 10.2. The van der Waals surface area contributed by atoms with Crippen LogP contribution in [0.5, 0.6) is 0 Å². The molecule has 0 N–H and O–H groups in total. The van der Waals surface area contributed by atoms with Crippen molar-refractivity contribution < 1.29 is 116 Å². The van der Waals surface area contributed by atoms with Gasteiger partial charge in [-0.1, -0.05) is 52.0 Å². The Kier molecular flexibility index (Phi) is 31.6. The maximum absolute atomic E-state index is 12.6. The Bertz CT molecular complexity index is 1160. The number of ether oxygens (including phenoxy) is 8. The van der Waals surface area contributed by atoms with Crippen molar-refractivity contribution in [2.75, 3.05) is 130 Å². The normalized spacial score (nSPS) is 12.6. The van der Waals surface area contributed by atoms with Gasteiger partial charge in [-0.25, -0.2) is 0 Å². The third kappa shape index (κ3) is 28.4. The van der Waals surface area contributed by atoms with Crippen LogP contribution in [0.1, 0.15) is 66.9 Å². The van der Waals surface area contributed by atoms with Crippen molar-refractivity contribution in [2.45, 2.75) is 65.2 Å². The molecular weight excluding hydrogens is 760 g/mol. The van der Waals surface area contributed by atoms with E-state index in [2.05, 4.69) is 0 Å². The van der Waals surface area contributed by atoms with Crippen LogP contribution < -0.4 is 51.4 Å². The second kappa shape index (κ2) is 31.4. The first-order valence-electron chi connectivity index (χ1n) is 18.2. The SMILES string of the molecule is CCOCCOCCOCCOCCCS(=O)(=O)OCC(C)(C)c1cccc(C(C)(C)COS(=O)(=O)CCCOCCOCCOCCOCC)c1.[H-].[K+]. The van der Waals surface area contributed by atoms with Crippen molar-refractivity contribution in [3.05, 3.63) is 35.4 Å². The van der Waals surface area contributed by atoms with Crippen molar-refractivity contribution in [3.63, 3.8) is 0 Å². The van der Waals surface area contributed by atoms with Gasteiger partial charge in [0.15, 0.2) is 0 Å². The van der Waals surface area contributed by atoms with E-state index in [0.29, 0.717) is 105 Å². The molecule has 0 saturated carbocycles. The summed E-state index contributed by atoms with van der Waals surface area (Å²) >= 11 is 0. The fraction of sp³-hybridized carbons (Fsp3) is 0.833. The zero-order chi connectivity index (χ0) is 38.6. The maximum atomic E-state index is 12.6. The van der Waals surface area contributed by atoms with Crippen LogP contribution in [0, 0.1) is 0 Å². The average Bonchev–Trinajstić information content (AvgIpc) is 3.11. The van der Waals surface area contributed by atoms with Crippen LogP contribution in [0.4, 0.5) is 0 Å². The standard InChI is InChI=1S/C36H66O14S2.K.H/c1-7-41-16-18-45-24-26-47-22-20-43-14-10-28-51(37,38)49-31-35(3,4)33-12-9-13-34(30-33)36(5,6)32-50-52(39,40)29-11-15-44-21-23-48-27-25-46-19-17-42-8-2;;/h9,12-13,30H,7-8,10-11,14-29,31-32H2,1-6H3;;/q;+1;-1. The zero-order valence-electron chi connectivity index (χ0n) is 34.4. The van der Waals surface area contributed by atoms with Crippen molar-refractivity contribution in [2.24, 2.45) is 0 Å². The minimum Gasteiger partial charge on any atom is -1.00 e. The largest absolute Gasteiger partial charge is 1.00 e. The van der Waals surface area contributed by atoms with Crippen LogP contribution in [0.15, 0.2) is 24.3 Å². The smallest absolute Gasteiger partial charge is 1.00 e. The first kappa shape index (κ1) is 53.4. The first-order chi connectivity index (χ1) is 24.7. The summed E-state index contributed by atoms with van der Waals surface area (Å²) in [5.41, 5.74) is 0.424. The Hall–Kier alpha value is 0.356. The molecule has 53 heavy (non-hydrogen) atoms. The molecule has 1 aromatic rings. The molecule has 1 aromatic carbocycles. The minimum absolute atomic E-state index is 0. The summed E-state index contributed by atoms with van der Waals surface area (Å²) in [5, 5.41) is 0. The van der Waals surface area contributed by atoms with E-state index >= 15 is 0 Å². The Balaban J connectivity index is 0. The van der Waals surface area contributed by atoms with E-state index in [1.807, 2.05) is 65.8 Å². The zero-order valence-corrected chi connectivity index (χ0v) is 38.2. The Morgan fingerprint density at radius 3 is 1.08 bits per heavy atom. The summed E-state index contributed by atoms with van der Waals surface area (Å²) in [4.78, 5) is 0. The first-order valence-corrected chi connectivity index (χ1v) is 21.4. The molecular formula is C36H67KO14S2. The van der Waals surface area contributed by atoms with Gasteiger partial charge in [0.1, 0.15) is 0 Å². The van der Waals surface area contributed by atoms with Gasteiger partial charge in [0.2, 0.25) is 0 Å². The predicted octanol–water partition coefficient (Wildman–Crippen LogP) is 1.00. The van der Waals surface area contributed by atoms with Gasteiger partial charge in [-0.2, -0.15) is 16.8 Å². The molecule has 0 heterocycles. The van der Waals surface area contributed by atoms with Gasteiger partial charge >= 0.3 is 51.4 Å². The van der Waals surface area contributed by atoms with Crippen LogP contribution in [0.3, 0.4) is 0 Å². The van der Waals surface area contributed by atoms with Gasteiger partial charge in [-0.15, -0.1) is 0 Å². The monoisotopic (exact) mass is 826 g/mol. The van der Waals surface area contributed by atoms with Crippen molar-refractivity contribution in [1.82, 2.24) is 0 Å². The molecule has 0 amide bonds. The number of benzene rings is 1. The second-order valence-electron chi connectivity index (χ2n) is 13.2. The van der Waals surface area contributed by atoms with Gasteiger partial charge in [-0.3, -0.25) is 8.37 Å². The molecule has 0 fully saturated rings. The molecule has 0 unspecified atom stereocenters. The predicted molar refractivity (Wildman–Crippen MR) is 200 cm³/mol. The van der Waals surface area contributed by atoms with E-state index in [9.17, 15) is 16.8 Å². The summed E-state index contributed by atoms with van der Waals surface area (Å²) in [6.45, 7) is 18.8. The van der Waals surface area contributed by atoms with Crippen molar-refractivity contribution >= 4 is 20.2 Å². The van der Waals surface area contributed by atoms with Gasteiger partial charge in [0.05, 0.1) is 104 Å². The molecule has 0 aliphatic carbocycles. The van der Waals surface area contributed by atoms with E-state index in [1.54, 1.807) is 0 Å². The van der Waals surface area contributed by atoms with E-state index in [0.717, 1.165) is 11.1 Å². The molecule has 0 saturated heterocycles. The van der Waals surface area contributed by atoms with E-state index in [4.69, 9.17) is 46.3 Å². The molecule has 14 nitrogen and oxygen atoms in total. The molecule has 0 spiro atoms. The van der Waals surface area contributed by atoms with Crippen LogP contribution in [-0.4, -0.2) is 147 Å². The van der Waals surface area contributed by atoms with Gasteiger partial charge < -0.3 is 39.3 Å². The Morgan fingerprint density at radius 1 is 0.491 bits per heavy atom. The molecule has 308 valence electrons. The quantitative estimate of drug-likeness (QED) is 0.0536. The Morgan fingerprint density at radius 2 is 0.774 bits per heavy atom. The molecule has 1 rings (SSSR count). The van der Waals surface area contributed by atoms with E-state index in [-0.39, 0.29) is 90.7 Å². The van der Waals surface area contributed by atoms with Crippen molar-refractivity contribution in [3.8, 4) is 0 Å². The summed E-state index contributed by atoms with van der Waals surface area (Å²) in [6, 6.07) is 7.61. The molecule has 17 heteroatoms. The maximum Gasteiger partial charge on any atom is 1.00 e. The summed E-state index contributed by atoms with van der Waals surface area (Å²) in [5.74, 6) is -0.327. The van der Waals surface area contributed by atoms with E-state index in [1.165, 1.54) is 0 Å². The Labute approximate surface area is 364 Å². The fourth-order valence-electron chi connectivity index (χ4n) is 4.40.